The predicted molar refractivity (Wildman–Crippen MR) is 56.8 cm³/mol. The van der Waals surface area contributed by atoms with Crippen LogP contribution in [0.25, 0.3) is 0 Å². The quantitative estimate of drug-likeness (QED) is 0.747. The topological polar surface area (TPSA) is 52.9 Å². The van der Waals surface area contributed by atoms with Crippen LogP contribution in [-0.2, 0) is 4.79 Å². The molecule has 0 spiro atoms. The Morgan fingerprint density at radius 2 is 2.07 bits per heavy atom. The summed E-state index contributed by atoms with van der Waals surface area (Å²) in [6, 6.07) is 2.55. The number of allylic oxidation sites excluding steroid dienone is 2. The number of Topliss-reactive ketones (excluding diaryl/α,β-unsaturated/α-hetero) is 1. The molecule has 15 heavy (non-hydrogen) atoms. The molecule has 0 aliphatic heterocycles. The Morgan fingerprint density at radius 3 is 2.60 bits per heavy atom. The minimum Gasteiger partial charge on any atom is -0.384 e. The number of hydrogen-bond donors (Lipinski definition) is 1. The van der Waals surface area contributed by atoms with Crippen molar-refractivity contribution < 1.29 is 4.79 Å². The molecule has 3 nitrogen and oxygen atoms in total. The minimum atomic E-state index is -0.00530. The summed E-state index contributed by atoms with van der Waals surface area (Å²) in [6.07, 6.45) is 3.64. The van der Waals surface area contributed by atoms with Crippen molar-refractivity contribution in [2.24, 2.45) is 5.41 Å². The average Bonchev–Trinajstić information content (AvgIpc) is 2.85. The maximum absolute atomic E-state index is 11.7. The van der Waals surface area contributed by atoms with Crippen LogP contribution >= 0.6 is 0 Å². The first-order chi connectivity index (χ1) is 7.02. The minimum absolute atomic E-state index is 0.00287. The predicted octanol–water partition coefficient (Wildman–Crippen LogP) is 1.91. The molecule has 1 N–H and O–H groups in total. The van der Waals surface area contributed by atoms with Crippen LogP contribution in [0.3, 0.4) is 0 Å². The Hall–Kier alpha value is -1.30. The van der Waals surface area contributed by atoms with Crippen molar-refractivity contribution >= 4 is 5.78 Å². The highest BCUT2D eigenvalue weighted by Crippen LogP contribution is 2.36. The first-order valence-corrected chi connectivity index (χ1v) is 5.45. The maximum Gasteiger partial charge on any atom is 0.175 e. The highest BCUT2D eigenvalue weighted by atomic mass is 16.1. The molecule has 2 rings (SSSR count). The van der Waals surface area contributed by atoms with Crippen LogP contribution in [0.2, 0.25) is 0 Å². The molecule has 0 amide bonds. The second kappa shape index (κ2) is 3.37. The summed E-state index contributed by atoms with van der Waals surface area (Å²) >= 11 is 0. The Morgan fingerprint density at radius 1 is 1.40 bits per heavy atom. The lowest BCUT2D eigenvalue weighted by Crippen LogP contribution is -2.31. The molecule has 3 heteroatoms. The summed E-state index contributed by atoms with van der Waals surface area (Å²) in [5, 5.41) is 12.3. The molecular formula is C12H16N2O. The zero-order chi connectivity index (χ0) is 11.1. The van der Waals surface area contributed by atoms with E-state index in [4.69, 9.17) is 5.26 Å². The van der Waals surface area contributed by atoms with E-state index in [1.807, 2.05) is 6.07 Å². The SMILES string of the molecule is CC1(C)CC(=O)C(C#N)=C(NC2CC2)C1. The largest absolute Gasteiger partial charge is 0.384 e. The smallest absolute Gasteiger partial charge is 0.175 e. The third-order valence-electron chi connectivity index (χ3n) is 2.94. The van der Waals surface area contributed by atoms with Crippen LogP contribution in [0.1, 0.15) is 39.5 Å². The molecule has 1 saturated carbocycles. The van der Waals surface area contributed by atoms with Gasteiger partial charge >= 0.3 is 0 Å². The van der Waals surface area contributed by atoms with Gasteiger partial charge in [0.05, 0.1) is 0 Å². The van der Waals surface area contributed by atoms with Gasteiger partial charge in [-0.15, -0.1) is 0 Å². The molecule has 0 radical (unpaired) electrons. The summed E-state index contributed by atoms with van der Waals surface area (Å²) in [7, 11) is 0. The van der Waals surface area contributed by atoms with Gasteiger partial charge in [0.15, 0.2) is 5.78 Å². The van der Waals surface area contributed by atoms with Gasteiger partial charge in [0.1, 0.15) is 11.6 Å². The average molecular weight is 204 g/mol. The summed E-state index contributed by atoms with van der Waals surface area (Å²) in [6.45, 7) is 4.15. The Kier molecular flexibility index (Phi) is 2.30. The molecule has 0 heterocycles. The van der Waals surface area contributed by atoms with Crippen molar-refractivity contribution in [1.29, 1.82) is 5.26 Å². The lowest BCUT2D eigenvalue weighted by Gasteiger charge is -2.30. The van der Waals surface area contributed by atoms with E-state index in [0.717, 1.165) is 25.0 Å². The highest BCUT2D eigenvalue weighted by Gasteiger charge is 2.35. The number of carbonyl (C=O) groups excluding carboxylic acids is 1. The highest BCUT2D eigenvalue weighted by molar-refractivity contribution is 6.01. The zero-order valence-corrected chi connectivity index (χ0v) is 9.26. The van der Waals surface area contributed by atoms with Crippen molar-refractivity contribution in [3.8, 4) is 6.07 Å². The molecule has 0 atom stereocenters. The van der Waals surface area contributed by atoms with Gasteiger partial charge in [0, 0.05) is 18.2 Å². The van der Waals surface area contributed by atoms with Gasteiger partial charge in [-0.1, -0.05) is 13.8 Å². The fourth-order valence-electron chi connectivity index (χ4n) is 2.05. The molecule has 0 aromatic carbocycles. The number of ketones is 1. The van der Waals surface area contributed by atoms with Crippen LogP contribution in [0.15, 0.2) is 11.3 Å². The molecule has 2 aliphatic carbocycles. The number of nitrogens with zero attached hydrogens (tertiary/aromatic N) is 1. The molecular weight excluding hydrogens is 188 g/mol. The molecule has 2 aliphatic rings. The van der Waals surface area contributed by atoms with Crippen molar-refractivity contribution in [3.63, 3.8) is 0 Å². The molecule has 0 saturated heterocycles. The fourth-order valence-corrected chi connectivity index (χ4v) is 2.05. The Bertz CT molecular complexity index is 370. The summed E-state index contributed by atoms with van der Waals surface area (Å²) in [5.41, 5.74) is 1.23. The van der Waals surface area contributed by atoms with Crippen LogP contribution in [0.4, 0.5) is 0 Å². The lowest BCUT2D eigenvalue weighted by molar-refractivity contribution is -0.117. The third kappa shape index (κ3) is 2.20. The Balaban J connectivity index is 2.26. The normalized spacial score (nSPS) is 25.0. The van der Waals surface area contributed by atoms with Gasteiger partial charge in [0.25, 0.3) is 0 Å². The number of nitrogens with one attached hydrogen (secondary N) is 1. The van der Waals surface area contributed by atoms with E-state index in [0.29, 0.717) is 18.0 Å². The lowest BCUT2D eigenvalue weighted by atomic mass is 9.76. The zero-order valence-electron chi connectivity index (χ0n) is 9.26. The van der Waals surface area contributed by atoms with Gasteiger partial charge < -0.3 is 5.32 Å². The molecule has 0 unspecified atom stereocenters. The van der Waals surface area contributed by atoms with Gasteiger partial charge in [0.2, 0.25) is 0 Å². The van der Waals surface area contributed by atoms with Crippen molar-refractivity contribution in [2.75, 3.05) is 0 Å². The second-order valence-electron chi connectivity index (χ2n) is 5.32. The molecule has 0 aromatic rings. The van der Waals surface area contributed by atoms with E-state index in [1.54, 1.807) is 0 Å². The van der Waals surface area contributed by atoms with E-state index >= 15 is 0 Å². The summed E-state index contributed by atoms with van der Waals surface area (Å²) in [4.78, 5) is 11.7. The van der Waals surface area contributed by atoms with Crippen molar-refractivity contribution in [2.45, 2.75) is 45.6 Å². The van der Waals surface area contributed by atoms with E-state index in [1.165, 1.54) is 0 Å². The van der Waals surface area contributed by atoms with Gasteiger partial charge in [-0.2, -0.15) is 5.26 Å². The van der Waals surface area contributed by atoms with Gasteiger partial charge in [-0.25, -0.2) is 0 Å². The fraction of sp³-hybridized carbons (Fsp3) is 0.667. The van der Waals surface area contributed by atoms with E-state index in [-0.39, 0.29) is 11.2 Å². The standard InChI is InChI=1S/C12H16N2O/c1-12(2)5-10(14-8-3-4-8)9(7-13)11(15)6-12/h8,14H,3-6H2,1-2H3. The van der Waals surface area contributed by atoms with E-state index in [2.05, 4.69) is 19.2 Å². The number of carbonyl (C=O) groups is 1. The molecule has 80 valence electrons. The number of nitriles is 1. The van der Waals surface area contributed by atoms with E-state index in [9.17, 15) is 4.79 Å². The molecule has 1 fully saturated rings. The van der Waals surface area contributed by atoms with E-state index < -0.39 is 0 Å². The molecule has 0 bridgehead atoms. The van der Waals surface area contributed by atoms with Crippen molar-refractivity contribution in [3.05, 3.63) is 11.3 Å². The van der Waals surface area contributed by atoms with Crippen LogP contribution in [0.5, 0.6) is 0 Å². The van der Waals surface area contributed by atoms with Gasteiger partial charge in [-0.05, 0) is 24.7 Å². The Labute approximate surface area is 90.2 Å². The van der Waals surface area contributed by atoms with Crippen molar-refractivity contribution in [1.82, 2.24) is 5.32 Å². The number of rotatable bonds is 2. The maximum atomic E-state index is 11.7. The van der Waals surface area contributed by atoms with Gasteiger partial charge in [-0.3, -0.25) is 4.79 Å². The monoisotopic (exact) mass is 204 g/mol. The first-order valence-electron chi connectivity index (χ1n) is 5.45. The third-order valence-corrected chi connectivity index (χ3v) is 2.94. The van der Waals surface area contributed by atoms with Crippen LogP contribution in [0, 0.1) is 16.7 Å². The second-order valence-corrected chi connectivity index (χ2v) is 5.32. The summed E-state index contributed by atoms with van der Waals surface area (Å²) in [5.74, 6) is -0.00287. The van der Waals surface area contributed by atoms with Crippen LogP contribution < -0.4 is 5.32 Å². The molecule has 0 aromatic heterocycles. The first kappa shape index (κ1) is 10.2. The van der Waals surface area contributed by atoms with Crippen LogP contribution in [-0.4, -0.2) is 11.8 Å². The number of hydrogen-bond acceptors (Lipinski definition) is 3. The summed E-state index contributed by atoms with van der Waals surface area (Å²) < 4.78 is 0.